The molecule has 0 amide bonds. The molecule has 1 heterocycles. The van der Waals surface area contributed by atoms with Gasteiger partial charge in [-0.05, 0) is 43.1 Å². The molecule has 1 aliphatic rings. The van der Waals surface area contributed by atoms with Crippen LogP contribution in [-0.2, 0) is 6.54 Å². The highest BCUT2D eigenvalue weighted by atomic mass is 19.1. The second kappa shape index (κ2) is 4.73. The topological polar surface area (TPSA) is 24.1 Å². The number of halogens is 1. The molecule has 2 rings (SSSR count). The van der Waals surface area contributed by atoms with E-state index in [1.165, 1.54) is 6.07 Å². The minimum absolute atomic E-state index is 0.151. The van der Waals surface area contributed by atoms with E-state index in [0.29, 0.717) is 6.04 Å². The Hall–Kier alpha value is -0.930. The van der Waals surface area contributed by atoms with Crippen LogP contribution >= 0.6 is 0 Å². The third kappa shape index (κ3) is 2.76. The molecule has 82 valence electrons. The summed E-state index contributed by atoms with van der Waals surface area (Å²) in [6.07, 6.45) is 1.16. The summed E-state index contributed by atoms with van der Waals surface area (Å²) in [4.78, 5) is 0. The molecule has 0 aliphatic carbocycles. The molecule has 0 radical (unpaired) electrons. The molecule has 1 aliphatic heterocycles. The van der Waals surface area contributed by atoms with Crippen molar-refractivity contribution in [2.75, 3.05) is 13.1 Å². The Morgan fingerprint density at radius 1 is 1.53 bits per heavy atom. The summed E-state index contributed by atoms with van der Waals surface area (Å²) in [6, 6.07) is 5.49. The lowest BCUT2D eigenvalue weighted by Gasteiger charge is -2.12. The van der Waals surface area contributed by atoms with E-state index in [4.69, 9.17) is 0 Å². The van der Waals surface area contributed by atoms with Gasteiger partial charge in [0.2, 0.25) is 0 Å². The van der Waals surface area contributed by atoms with Gasteiger partial charge in [-0.15, -0.1) is 0 Å². The highest BCUT2D eigenvalue weighted by molar-refractivity contribution is 5.26. The van der Waals surface area contributed by atoms with Crippen molar-refractivity contribution in [3.63, 3.8) is 0 Å². The van der Waals surface area contributed by atoms with Crippen molar-refractivity contribution in [3.8, 4) is 0 Å². The molecular weight excluding hydrogens is 191 g/mol. The molecule has 1 saturated heterocycles. The number of nitrogens with one attached hydrogen (secondary N) is 2. The van der Waals surface area contributed by atoms with E-state index in [9.17, 15) is 4.39 Å². The number of benzene rings is 1. The van der Waals surface area contributed by atoms with Crippen molar-refractivity contribution in [2.45, 2.75) is 25.9 Å². The molecule has 2 nitrogen and oxygen atoms in total. The van der Waals surface area contributed by atoms with Gasteiger partial charge in [0.15, 0.2) is 0 Å². The van der Waals surface area contributed by atoms with Gasteiger partial charge in [0, 0.05) is 19.1 Å². The summed E-state index contributed by atoms with van der Waals surface area (Å²) < 4.78 is 13.0. The average Bonchev–Trinajstić information content (AvgIpc) is 2.72. The Morgan fingerprint density at radius 2 is 2.40 bits per heavy atom. The summed E-state index contributed by atoms with van der Waals surface area (Å²) in [7, 11) is 0. The minimum Gasteiger partial charge on any atom is -0.315 e. The maximum Gasteiger partial charge on any atom is 0.123 e. The third-order valence-electron chi connectivity index (χ3n) is 2.95. The van der Waals surface area contributed by atoms with Crippen molar-refractivity contribution in [3.05, 3.63) is 35.1 Å². The molecule has 2 N–H and O–H groups in total. The summed E-state index contributed by atoms with van der Waals surface area (Å²) in [5.41, 5.74) is 2.21. The molecule has 0 bridgehead atoms. The summed E-state index contributed by atoms with van der Waals surface area (Å²) in [6.45, 7) is 4.88. The van der Waals surface area contributed by atoms with Crippen molar-refractivity contribution < 1.29 is 4.39 Å². The fourth-order valence-electron chi connectivity index (χ4n) is 1.91. The predicted molar refractivity (Wildman–Crippen MR) is 59.3 cm³/mol. The molecule has 0 aromatic heterocycles. The Morgan fingerprint density at radius 3 is 3.13 bits per heavy atom. The molecule has 1 aromatic carbocycles. The molecule has 1 unspecified atom stereocenters. The van der Waals surface area contributed by atoms with Gasteiger partial charge in [0.05, 0.1) is 0 Å². The zero-order valence-electron chi connectivity index (χ0n) is 9.02. The predicted octanol–water partition coefficient (Wildman–Crippen LogP) is 1.59. The molecule has 0 spiro atoms. The van der Waals surface area contributed by atoms with E-state index >= 15 is 0 Å². The number of aryl methyl sites for hydroxylation is 1. The van der Waals surface area contributed by atoms with Crippen LogP contribution in [0.25, 0.3) is 0 Å². The Balaban J connectivity index is 1.94. The Bertz CT molecular complexity index is 332. The first-order valence-corrected chi connectivity index (χ1v) is 5.45. The first-order valence-electron chi connectivity index (χ1n) is 5.45. The van der Waals surface area contributed by atoms with E-state index in [1.807, 2.05) is 13.0 Å². The zero-order chi connectivity index (χ0) is 10.7. The van der Waals surface area contributed by atoms with Gasteiger partial charge in [-0.3, -0.25) is 0 Å². The van der Waals surface area contributed by atoms with E-state index in [0.717, 1.165) is 37.2 Å². The quantitative estimate of drug-likeness (QED) is 0.788. The summed E-state index contributed by atoms with van der Waals surface area (Å²) >= 11 is 0. The van der Waals surface area contributed by atoms with Crippen molar-refractivity contribution in [1.82, 2.24) is 10.6 Å². The van der Waals surface area contributed by atoms with Crippen molar-refractivity contribution in [2.24, 2.45) is 0 Å². The monoisotopic (exact) mass is 208 g/mol. The van der Waals surface area contributed by atoms with Gasteiger partial charge < -0.3 is 10.6 Å². The molecule has 1 atom stereocenters. The second-order valence-corrected chi connectivity index (χ2v) is 4.14. The van der Waals surface area contributed by atoms with Gasteiger partial charge in [0.25, 0.3) is 0 Å². The lowest BCUT2D eigenvalue weighted by Crippen LogP contribution is -2.30. The SMILES string of the molecule is Cc1ccc(F)cc1CNC1CCNC1. The normalized spacial score (nSPS) is 20.8. The zero-order valence-corrected chi connectivity index (χ0v) is 9.02. The lowest BCUT2D eigenvalue weighted by molar-refractivity contribution is 0.543. The van der Waals surface area contributed by atoms with E-state index in [-0.39, 0.29) is 5.82 Å². The van der Waals surface area contributed by atoms with Gasteiger partial charge in [-0.1, -0.05) is 6.07 Å². The Labute approximate surface area is 89.9 Å². The second-order valence-electron chi connectivity index (χ2n) is 4.14. The largest absolute Gasteiger partial charge is 0.315 e. The standard InChI is InChI=1S/C12H17FN2/c1-9-2-3-11(13)6-10(9)7-15-12-4-5-14-8-12/h2-3,6,12,14-15H,4-5,7-8H2,1H3. The number of rotatable bonds is 3. The average molecular weight is 208 g/mol. The summed E-state index contributed by atoms with van der Waals surface area (Å²) in [5, 5.41) is 6.73. The molecule has 3 heteroatoms. The fraction of sp³-hybridized carbons (Fsp3) is 0.500. The van der Waals surface area contributed by atoms with Crippen LogP contribution in [0, 0.1) is 12.7 Å². The van der Waals surface area contributed by atoms with Crippen LogP contribution in [0.15, 0.2) is 18.2 Å². The van der Waals surface area contributed by atoms with Gasteiger partial charge in [0.1, 0.15) is 5.82 Å². The third-order valence-corrected chi connectivity index (χ3v) is 2.95. The highest BCUT2D eigenvalue weighted by Crippen LogP contribution is 2.10. The van der Waals surface area contributed by atoms with Crippen LogP contribution in [0.1, 0.15) is 17.5 Å². The van der Waals surface area contributed by atoms with Crippen LogP contribution in [0.2, 0.25) is 0 Å². The highest BCUT2D eigenvalue weighted by Gasteiger charge is 2.13. The minimum atomic E-state index is -0.151. The van der Waals surface area contributed by atoms with E-state index < -0.39 is 0 Å². The molecular formula is C12H17FN2. The summed E-state index contributed by atoms with van der Waals surface area (Å²) in [5.74, 6) is -0.151. The molecule has 1 aromatic rings. The van der Waals surface area contributed by atoms with Gasteiger partial charge in [-0.2, -0.15) is 0 Å². The maximum absolute atomic E-state index is 13.0. The van der Waals surface area contributed by atoms with Crippen molar-refractivity contribution in [1.29, 1.82) is 0 Å². The lowest BCUT2D eigenvalue weighted by atomic mass is 10.1. The molecule has 0 saturated carbocycles. The van der Waals surface area contributed by atoms with Gasteiger partial charge >= 0.3 is 0 Å². The van der Waals surface area contributed by atoms with Gasteiger partial charge in [-0.25, -0.2) is 4.39 Å². The molecule has 1 fully saturated rings. The van der Waals surface area contributed by atoms with Crippen LogP contribution < -0.4 is 10.6 Å². The fourth-order valence-corrected chi connectivity index (χ4v) is 1.91. The molecule has 15 heavy (non-hydrogen) atoms. The van der Waals surface area contributed by atoms with E-state index in [2.05, 4.69) is 10.6 Å². The van der Waals surface area contributed by atoms with Crippen LogP contribution in [0.3, 0.4) is 0 Å². The Kier molecular flexibility index (Phi) is 3.34. The van der Waals surface area contributed by atoms with E-state index in [1.54, 1.807) is 6.07 Å². The number of hydrogen-bond acceptors (Lipinski definition) is 2. The van der Waals surface area contributed by atoms with Crippen LogP contribution in [0.5, 0.6) is 0 Å². The maximum atomic E-state index is 13.0. The number of hydrogen-bond donors (Lipinski definition) is 2. The van der Waals surface area contributed by atoms with Crippen molar-refractivity contribution >= 4 is 0 Å². The van der Waals surface area contributed by atoms with Crippen LogP contribution in [-0.4, -0.2) is 19.1 Å². The first kappa shape index (κ1) is 10.6. The van der Waals surface area contributed by atoms with Crippen LogP contribution in [0.4, 0.5) is 4.39 Å². The smallest absolute Gasteiger partial charge is 0.123 e. The first-order chi connectivity index (χ1) is 7.25.